The number of hydrogen-bond donors (Lipinski definition) is 2. The van der Waals surface area contributed by atoms with E-state index in [0.717, 1.165) is 18.4 Å². The first-order valence-corrected chi connectivity index (χ1v) is 8.74. The fourth-order valence-corrected chi connectivity index (χ4v) is 2.80. The summed E-state index contributed by atoms with van der Waals surface area (Å²) in [5.41, 5.74) is 2.89. The molecule has 22 heavy (non-hydrogen) atoms. The molecule has 2 unspecified atom stereocenters. The average molecular weight is 326 g/mol. The molecule has 3 nitrogen and oxygen atoms in total. The van der Waals surface area contributed by atoms with Crippen LogP contribution >= 0.6 is 11.6 Å². The van der Waals surface area contributed by atoms with Crippen molar-refractivity contribution in [2.45, 2.75) is 69.7 Å². The molecule has 0 aliphatic heterocycles. The Labute approximate surface area is 139 Å². The topological polar surface area (TPSA) is 49.3 Å². The van der Waals surface area contributed by atoms with E-state index in [2.05, 4.69) is 12.4 Å². The number of nitrogens with one attached hydrogen (secondary N) is 1. The molecule has 0 fully saturated rings. The van der Waals surface area contributed by atoms with Crippen LogP contribution in [-0.4, -0.2) is 16.4 Å². The van der Waals surface area contributed by atoms with Gasteiger partial charge in [-0.3, -0.25) is 4.79 Å². The number of benzene rings is 1. The average Bonchev–Trinajstić information content (AvgIpc) is 2.54. The van der Waals surface area contributed by atoms with E-state index in [1.807, 2.05) is 30.3 Å². The van der Waals surface area contributed by atoms with E-state index >= 15 is 0 Å². The highest BCUT2D eigenvalue weighted by molar-refractivity contribution is 6.20. The molecule has 2 N–H and O–H groups in total. The summed E-state index contributed by atoms with van der Waals surface area (Å²) < 4.78 is 0. The molecule has 0 amide bonds. The maximum atomic E-state index is 12.2. The minimum atomic E-state index is -0.658. The molecule has 2 atom stereocenters. The zero-order chi connectivity index (χ0) is 16.2. The maximum absolute atomic E-state index is 12.2. The summed E-state index contributed by atoms with van der Waals surface area (Å²) in [6.07, 6.45) is 8.15. The van der Waals surface area contributed by atoms with Crippen LogP contribution in [0.4, 0.5) is 0 Å². The molecule has 1 aromatic carbocycles. The number of unbranched alkanes of at least 4 members (excludes halogenated alkanes) is 4. The standard InChI is InChI=1S/C18H28ClNO2/c1-2-3-4-5-9-12-16(19)13-14-17(21)18(20-22)15-10-7-6-8-11-15/h6-8,10-11,16,18,20,22H,2-5,9,12-14H2,1H3. The van der Waals surface area contributed by atoms with Crippen molar-refractivity contribution in [3.63, 3.8) is 0 Å². The molecular weight excluding hydrogens is 298 g/mol. The molecule has 0 bridgehead atoms. The number of rotatable bonds is 12. The highest BCUT2D eigenvalue weighted by atomic mass is 35.5. The van der Waals surface area contributed by atoms with Crippen LogP contribution in [0.1, 0.15) is 69.9 Å². The Kier molecular flexibility index (Phi) is 10.1. The Balaban J connectivity index is 2.29. The quantitative estimate of drug-likeness (QED) is 0.322. The second kappa shape index (κ2) is 11.6. The van der Waals surface area contributed by atoms with Gasteiger partial charge in [-0.25, -0.2) is 0 Å². The lowest BCUT2D eigenvalue weighted by molar-refractivity contribution is -0.123. The number of hydrogen-bond acceptors (Lipinski definition) is 3. The summed E-state index contributed by atoms with van der Waals surface area (Å²) >= 11 is 6.30. The molecule has 124 valence electrons. The van der Waals surface area contributed by atoms with Crippen LogP contribution in [0.15, 0.2) is 30.3 Å². The molecular formula is C18H28ClNO2. The minimum Gasteiger partial charge on any atom is -0.316 e. The van der Waals surface area contributed by atoms with Crippen molar-refractivity contribution in [1.82, 2.24) is 5.48 Å². The Bertz CT molecular complexity index is 411. The zero-order valence-corrected chi connectivity index (χ0v) is 14.2. The van der Waals surface area contributed by atoms with Gasteiger partial charge in [-0.2, -0.15) is 5.48 Å². The molecule has 0 aliphatic carbocycles. The largest absolute Gasteiger partial charge is 0.316 e. The molecule has 0 aromatic heterocycles. The van der Waals surface area contributed by atoms with Crippen molar-refractivity contribution in [3.8, 4) is 0 Å². The Hall–Kier alpha value is -0.900. The first-order valence-electron chi connectivity index (χ1n) is 8.30. The van der Waals surface area contributed by atoms with Gasteiger partial charge in [0, 0.05) is 11.8 Å². The van der Waals surface area contributed by atoms with E-state index in [4.69, 9.17) is 11.6 Å². The van der Waals surface area contributed by atoms with E-state index in [-0.39, 0.29) is 11.2 Å². The van der Waals surface area contributed by atoms with Crippen LogP contribution < -0.4 is 5.48 Å². The van der Waals surface area contributed by atoms with Gasteiger partial charge in [0.25, 0.3) is 0 Å². The number of ketones is 1. The second-order valence-electron chi connectivity index (χ2n) is 5.78. The van der Waals surface area contributed by atoms with Crippen LogP contribution in [0.3, 0.4) is 0 Å². The number of hydroxylamine groups is 1. The highest BCUT2D eigenvalue weighted by Crippen LogP contribution is 2.20. The SMILES string of the molecule is CCCCCCCC(Cl)CCC(=O)C(NO)c1ccccc1. The van der Waals surface area contributed by atoms with Crippen LogP contribution in [0.25, 0.3) is 0 Å². The van der Waals surface area contributed by atoms with Gasteiger partial charge < -0.3 is 5.21 Å². The minimum absolute atomic E-state index is 0.0228. The van der Waals surface area contributed by atoms with Crippen LogP contribution in [0.5, 0.6) is 0 Å². The van der Waals surface area contributed by atoms with Gasteiger partial charge in [0.2, 0.25) is 0 Å². The highest BCUT2D eigenvalue weighted by Gasteiger charge is 2.20. The van der Waals surface area contributed by atoms with Gasteiger partial charge in [-0.15, -0.1) is 11.6 Å². The molecule has 0 saturated heterocycles. The summed E-state index contributed by atoms with van der Waals surface area (Å²) in [7, 11) is 0. The van der Waals surface area contributed by atoms with Gasteiger partial charge in [-0.05, 0) is 18.4 Å². The molecule has 0 spiro atoms. The fraction of sp³-hybridized carbons (Fsp3) is 0.611. The normalized spacial score (nSPS) is 13.8. The Morgan fingerprint density at radius 2 is 1.82 bits per heavy atom. The fourth-order valence-electron chi connectivity index (χ4n) is 2.53. The van der Waals surface area contributed by atoms with Gasteiger partial charge >= 0.3 is 0 Å². The monoisotopic (exact) mass is 325 g/mol. The van der Waals surface area contributed by atoms with Crippen molar-refractivity contribution in [1.29, 1.82) is 0 Å². The van der Waals surface area contributed by atoms with E-state index < -0.39 is 6.04 Å². The van der Waals surface area contributed by atoms with E-state index in [0.29, 0.717) is 12.8 Å². The lowest BCUT2D eigenvalue weighted by atomic mass is 9.98. The molecule has 1 aromatic rings. The third-order valence-corrected chi connectivity index (χ3v) is 4.35. The van der Waals surface area contributed by atoms with Crippen molar-refractivity contribution < 1.29 is 10.0 Å². The predicted octanol–water partition coefficient (Wildman–Crippen LogP) is 5.02. The van der Waals surface area contributed by atoms with Crippen molar-refractivity contribution in [2.24, 2.45) is 0 Å². The van der Waals surface area contributed by atoms with E-state index in [1.165, 1.54) is 25.7 Å². The second-order valence-corrected chi connectivity index (χ2v) is 6.40. The smallest absolute Gasteiger partial charge is 0.156 e. The molecule has 0 radical (unpaired) electrons. The van der Waals surface area contributed by atoms with E-state index in [9.17, 15) is 10.0 Å². The summed E-state index contributed by atoms with van der Waals surface area (Å²) in [4.78, 5) is 12.2. The summed E-state index contributed by atoms with van der Waals surface area (Å²) in [5.74, 6) is -0.0228. The van der Waals surface area contributed by atoms with Crippen molar-refractivity contribution in [3.05, 3.63) is 35.9 Å². The summed E-state index contributed by atoms with van der Waals surface area (Å²) in [6.45, 7) is 2.20. The van der Waals surface area contributed by atoms with Gasteiger partial charge in [0.1, 0.15) is 6.04 Å². The van der Waals surface area contributed by atoms with Crippen molar-refractivity contribution >= 4 is 17.4 Å². The number of halogens is 1. The predicted molar refractivity (Wildman–Crippen MR) is 91.4 cm³/mol. The molecule has 0 aliphatic rings. The van der Waals surface area contributed by atoms with E-state index in [1.54, 1.807) is 0 Å². The lowest BCUT2D eigenvalue weighted by Gasteiger charge is -2.15. The number of carbonyl (C=O) groups excluding carboxylic acids is 1. The third kappa shape index (κ3) is 7.39. The van der Waals surface area contributed by atoms with Gasteiger partial charge in [0.15, 0.2) is 5.78 Å². The Morgan fingerprint density at radius 3 is 2.45 bits per heavy atom. The zero-order valence-electron chi connectivity index (χ0n) is 13.4. The molecule has 1 rings (SSSR count). The first-order chi connectivity index (χ1) is 10.7. The molecule has 0 heterocycles. The Morgan fingerprint density at radius 1 is 1.14 bits per heavy atom. The molecule has 4 heteroatoms. The number of Topliss-reactive ketones (excluding diaryl/α,β-unsaturated/α-hetero) is 1. The van der Waals surface area contributed by atoms with Gasteiger partial charge in [0.05, 0.1) is 0 Å². The summed E-state index contributed by atoms with van der Waals surface area (Å²) in [5, 5.41) is 9.28. The third-order valence-electron chi connectivity index (χ3n) is 3.91. The summed E-state index contributed by atoms with van der Waals surface area (Å²) in [6, 6.07) is 8.60. The van der Waals surface area contributed by atoms with Crippen LogP contribution in [0, 0.1) is 0 Å². The maximum Gasteiger partial charge on any atom is 0.156 e. The first kappa shape index (κ1) is 19.1. The lowest BCUT2D eigenvalue weighted by Crippen LogP contribution is -2.26. The molecule has 0 saturated carbocycles. The van der Waals surface area contributed by atoms with Crippen LogP contribution in [-0.2, 0) is 4.79 Å². The van der Waals surface area contributed by atoms with Gasteiger partial charge in [-0.1, -0.05) is 69.4 Å². The van der Waals surface area contributed by atoms with Crippen LogP contribution in [0.2, 0.25) is 0 Å². The van der Waals surface area contributed by atoms with Crippen molar-refractivity contribution in [2.75, 3.05) is 0 Å². The number of carbonyl (C=O) groups is 1. The number of alkyl halides is 1.